The number of carbonyl (C=O) groups excluding carboxylic acids is 1. The molecule has 3 aromatic rings. The summed E-state index contributed by atoms with van der Waals surface area (Å²) < 4.78 is 1.70. The average Bonchev–Trinajstić information content (AvgIpc) is 3.28. The maximum absolute atomic E-state index is 12.9. The number of nitrogens with zero attached hydrogens (tertiary/aromatic N) is 2. The van der Waals surface area contributed by atoms with Gasteiger partial charge in [0.15, 0.2) is 5.16 Å². The minimum absolute atomic E-state index is 0.0161. The van der Waals surface area contributed by atoms with Crippen LogP contribution in [-0.2, 0) is 11.2 Å². The topological polar surface area (TPSA) is 79.8 Å². The zero-order chi connectivity index (χ0) is 19.4. The van der Waals surface area contributed by atoms with Crippen molar-refractivity contribution in [3.05, 3.63) is 44.5 Å². The number of hydrogen-bond donors (Lipinski definition) is 2. The zero-order valence-electron chi connectivity index (χ0n) is 15.7. The fourth-order valence-electron chi connectivity index (χ4n) is 2.82. The summed E-state index contributed by atoms with van der Waals surface area (Å²) in [7, 11) is 0. The molecule has 0 spiro atoms. The van der Waals surface area contributed by atoms with Gasteiger partial charge in [0.1, 0.15) is 5.52 Å². The molecular weight excluding hydrogens is 380 g/mol. The molecule has 0 fully saturated rings. The van der Waals surface area contributed by atoms with E-state index in [-0.39, 0.29) is 23.3 Å². The fraction of sp³-hybridized carbons (Fsp3) is 0.421. The van der Waals surface area contributed by atoms with Crippen LogP contribution >= 0.6 is 23.1 Å². The van der Waals surface area contributed by atoms with E-state index in [0.29, 0.717) is 22.7 Å². The van der Waals surface area contributed by atoms with Gasteiger partial charge in [0.25, 0.3) is 5.56 Å². The molecule has 3 rings (SSSR count). The number of aromatic nitrogens is 3. The van der Waals surface area contributed by atoms with Gasteiger partial charge in [-0.15, -0.1) is 11.3 Å². The number of fused-ring (bicyclic) bond motifs is 1. The van der Waals surface area contributed by atoms with Crippen molar-refractivity contribution >= 4 is 40.0 Å². The van der Waals surface area contributed by atoms with E-state index in [9.17, 15) is 9.59 Å². The molecule has 8 heteroatoms. The molecule has 1 atom stereocenters. The molecule has 0 radical (unpaired) electrons. The molecule has 0 aliphatic carbocycles. The normalized spacial score (nSPS) is 12.4. The van der Waals surface area contributed by atoms with Crippen LogP contribution in [0.2, 0.25) is 0 Å². The molecule has 2 N–H and O–H groups in total. The summed E-state index contributed by atoms with van der Waals surface area (Å²) in [6.07, 6.45) is 1.64. The van der Waals surface area contributed by atoms with Crippen molar-refractivity contribution in [3.8, 4) is 0 Å². The summed E-state index contributed by atoms with van der Waals surface area (Å²) in [6, 6.07) is 5.95. The molecule has 1 amide bonds. The Balaban J connectivity index is 1.71. The molecule has 0 unspecified atom stereocenters. The number of H-pyrrole nitrogens is 1. The third-order valence-corrected chi connectivity index (χ3v) is 6.31. The number of aromatic amines is 1. The molecule has 0 aromatic carbocycles. The monoisotopic (exact) mass is 404 g/mol. The Morgan fingerprint density at radius 1 is 1.48 bits per heavy atom. The highest BCUT2D eigenvalue weighted by molar-refractivity contribution is 7.99. The maximum atomic E-state index is 12.9. The second-order valence-corrected chi connectivity index (χ2v) is 8.48. The lowest BCUT2D eigenvalue weighted by Gasteiger charge is -2.17. The van der Waals surface area contributed by atoms with Gasteiger partial charge < -0.3 is 10.3 Å². The molecule has 0 aliphatic rings. The first-order chi connectivity index (χ1) is 13.0. The van der Waals surface area contributed by atoms with Crippen molar-refractivity contribution in [2.24, 2.45) is 0 Å². The number of carbonyl (C=O) groups is 1. The quantitative estimate of drug-likeness (QED) is 0.445. The van der Waals surface area contributed by atoms with Gasteiger partial charge in [-0.25, -0.2) is 4.98 Å². The largest absolute Gasteiger partial charge is 0.355 e. The third kappa shape index (κ3) is 4.62. The predicted molar refractivity (Wildman–Crippen MR) is 112 cm³/mol. The second kappa shape index (κ2) is 8.75. The fourth-order valence-corrected chi connectivity index (χ4v) is 4.46. The SMILES string of the molecule is CC[C@H](C)n1c(SCC(=O)NCCc2cccs2)nc2cc(C)[nH]c2c1=O. The molecule has 27 heavy (non-hydrogen) atoms. The van der Waals surface area contributed by atoms with E-state index in [0.717, 1.165) is 18.5 Å². The number of aryl methyl sites for hydroxylation is 1. The molecular formula is C19H24N4O2S2. The number of thioether (sulfide) groups is 1. The molecule has 0 saturated carbocycles. The Morgan fingerprint density at radius 3 is 3.00 bits per heavy atom. The van der Waals surface area contributed by atoms with E-state index in [4.69, 9.17) is 0 Å². The molecule has 0 saturated heterocycles. The van der Waals surface area contributed by atoms with Crippen molar-refractivity contribution < 1.29 is 4.79 Å². The second-order valence-electron chi connectivity index (χ2n) is 6.51. The van der Waals surface area contributed by atoms with Crippen molar-refractivity contribution in [2.45, 2.75) is 44.8 Å². The van der Waals surface area contributed by atoms with Gasteiger partial charge in [-0.2, -0.15) is 0 Å². The van der Waals surface area contributed by atoms with Crippen molar-refractivity contribution in [3.63, 3.8) is 0 Å². The Labute approximate surface area is 166 Å². The van der Waals surface area contributed by atoms with Gasteiger partial charge in [-0.05, 0) is 44.2 Å². The molecule has 3 heterocycles. The van der Waals surface area contributed by atoms with Gasteiger partial charge in [-0.1, -0.05) is 24.8 Å². The van der Waals surface area contributed by atoms with Gasteiger partial charge in [0.05, 0.1) is 11.3 Å². The lowest BCUT2D eigenvalue weighted by atomic mass is 10.2. The summed E-state index contributed by atoms with van der Waals surface area (Å²) in [5.41, 5.74) is 2.00. The summed E-state index contributed by atoms with van der Waals surface area (Å²) >= 11 is 3.00. The van der Waals surface area contributed by atoms with Crippen molar-refractivity contribution in [2.75, 3.05) is 12.3 Å². The van der Waals surface area contributed by atoms with Gasteiger partial charge in [-0.3, -0.25) is 14.2 Å². The smallest absolute Gasteiger partial charge is 0.278 e. The highest BCUT2D eigenvalue weighted by atomic mass is 32.2. The van der Waals surface area contributed by atoms with Crippen LogP contribution in [0.4, 0.5) is 0 Å². The molecule has 6 nitrogen and oxygen atoms in total. The van der Waals surface area contributed by atoms with Gasteiger partial charge >= 0.3 is 0 Å². The Morgan fingerprint density at radius 2 is 2.30 bits per heavy atom. The van der Waals surface area contributed by atoms with Crippen LogP contribution in [0.5, 0.6) is 0 Å². The van der Waals surface area contributed by atoms with E-state index >= 15 is 0 Å². The van der Waals surface area contributed by atoms with E-state index in [2.05, 4.69) is 21.4 Å². The molecule has 0 aliphatic heterocycles. The van der Waals surface area contributed by atoms with Crippen LogP contribution in [0, 0.1) is 6.92 Å². The van der Waals surface area contributed by atoms with Crippen molar-refractivity contribution in [1.82, 2.24) is 19.9 Å². The number of rotatable bonds is 8. The van der Waals surface area contributed by atoms with E-state index in [1.165, 1.54) is 16.6 Å². The Kier molecular flexibility index (Phi) is 6.38. The first kappa shape index (κ1) is 19.7. The lowest BCUT2D eigenvalue weighted by Crippen LogP contribution is -2.29. The van der Waals surface area contributed by atoms with Crippen LogP contribution in [-0.4, -0.2) is 32.7 Å². The minimum atomic E-state index is -0.0805. The Hall–Kier alpha value is -2.06. The molecule has 144 valence electrons. The maximum Gasteiger partial charge on any atom is 0.278 e. The van der Waals surface area contributed by atoms with Gasteiger partial charge in [0.2, 0.25) is 5.91 Å². The minimum Gasteiger partial charge on any atom is -0.355 e. The Bertz CT molecular complexity index is 976. The van der Waals surface area contributed by atoms with Gasteiger partial charge in [0, 0.05) is 23.2 Å². The summed E-state index contributed by atoms with van der Waals surface area (Å²) in [5.74, 6) is 0.189. The van der Waals surface area contributed by atoms with E-state index in [1.807, 2.05) is 38.3 Å². The van der Waals surface area contributed by atoms with Crippen LogP contribution in [0.25, 0.3) is 11.0 Å². The standard InChI is InChI=1S/C19H24N4O2S2/c1-4-13(3)23-18(25)17-15(10-12(2)21-17)22-19(23)27-11-16(24)20-8-7-14-6-5-9-26-14/h5-6,9-10,13,21H,4,7-8,11H2,1-3H3,(H,20,24)/t13-/m0/s1. The average molecular weight is 405 g/mol. The highest BCUT2D eigenvalue weighted by Gasteiger charge is 2.17. The summed E-state index contributed by atoms with van der Waals surface area (Å²) in [6.45, 7) is 6.55. The first-order valence-corrected chi connectivity index (χ1v) is 10.9. The predicted octanol–water partition coefficient (Wildman–Crippen LogP) is 3.52. The van der Waals surface area contributed by atoms with Crippen molar-refractivity contribution in [1.29, 1.82) is 0 Å². The molecule has 0 bridgehead atoms. The number of hydrogen-bond acceptors (Lipinski definition) is 5. The number of thiophene rings is 1. The number of amides is 1. The van der Waals surface area contributed by atoms with Crippen LogP contribution < -0.4 is 10.9 Å². The highest BCUT2D eigenvalue weighted by Crippen LogP contribution is 2.22. The van der Waals surface area contributed by atoms with E-state index in [1.54, 1.807) is 15.9 Å². The molecule has 3 aromatic heterocycles. The zero-order valence-corrected chi connectivity index (χ0v) is 17.4. The van der Waals surface area contributed by atoms with Crippen LogP contribution in [0.15, 0.2) is 33.5 Å². The van der Waals surface area contributed by atoms with E-state index < -0.39 is 0 Å². The number of nitrogens with one attached hydrogen (secondary N) is 2. The summed E-state index contributed by atoms with van der Waals surface area (Å²) in [5, 5.41) is 5.56. The van der Waals surface area contributed by atoms with Crippen LogP contribution in [0.1, 0.15) is 36.9 Å². The lowest BCUT2D eigenvalue weighted by molar-refractivity contribution is -0.118. The summed E-state index contributed by atoms with van der Waals surface area (Å²) in [4.78, 5) is 34.1. The van der Waals surface area contributed by atoms with Crippen LogP contribution in [0.3, 0.4) is 0 Å². The first-order valence-electron chi connectivity index (χ1n) is 9.03. The third-order valence-electron chi connectivity index (χ3n) is 4.42.